The van der Waals surface area contributed by atoms with E-state index in [2.05, 4.69) is 16.3 Å². The first-order valence-electron chi connectivity index (χ1n) is 10.7. The van der Waals surface area contributed by atoms with Gasteiger partial charge in [-0.15, -0.1) is 11.3 Å². The van der Waals surface area contributed by atoms with Gasteiger partial charge in [0.15, 0.2) is 0 Å². The third kappa shape index (κ3) is 4.57. The first kappa shape index (κ1) is 23.6. The van der Waals surface area contributed by atoms with Crippen molar-refractivity contribution in [3.8, 4) is 5.69 Å². The van der Waals surface area contributed by atoms with E-state index >= 15 is 0 Å². The number of nitrogens with zero attached hydrogens (tertiary/aromatic N) is 2. The van der Waals surface area contributed by atoms with Gasteiger partial charge in [0, 0.05) is 35.2 Å². The lowest BCUT2D eigenvalue weighted by Crippen LogP contribution is -2.34. The quantitative estimate of drug-likeness (QED) is 0.407. The van der Waals surface area contributed by atoms with E-state index in [9.17, 15) is 18.0 Å². The molecule has 0 unspecified atom stereocenters. The zero-order valence-corrected chi connectivity index (χ0v) is 21.2. The predicted octanol–water partition coefficient (Wildman–Crippen LogP) is 4.47. The van der Waals surface area contributed by atoms with Crippen molar-refractivity contribution in [3.05, 3.63) is 86.1 Å². The van der Waals surface area contributed by atoms with E-state index in [-0.39, 0.29) is 20.5 Å². The van der Waals surface area contributed by atoms with Crippen LogP contribution in [0.1, 0.15) is 16.0 Å². The number of amides is 2. The van der Waals surface area contributed by atoms with Gasteiger partial charge in [0.2, 0.25) is 0 Å². The largest absolute Gasteiger partial charge is 0.333 e. The number of rotatable bonds is 4. The van der Waals surface area contributed by atoms with Crippen LogP contribution in [-0.2, 0) is 23.1 Å². The number of anilines is 1. The number of benzene rings is 2. The molecule has 0 atom stereocenters. The third-order valence-electron chi connectivity index (χ3n) is 5.78. The van der Waals surface area contributed by atoms with Gasteiger partial charge in [0.1, 0.15) is 4.21 Å². The Hall–Kier alpha value is -3.18. The Bertz CT molecular complexity index is 1660. The van der Waals surface area contributed by atoms with E-state index < -0.39 is 16.1 Å². The minimum Gasteiger partial charge on any atom is -0.307 e. The van der Waals surface area contributed by atoms with E-state index in [0.29, 0.717) is 11.1 Å². The molecule has 1 aliphatic heterocycles. The maximum Gasteiger partial charge on any atom is 0.333 e. The fourth-order valence-electron chi connectivity index (χ4n) is 4.17. The molecule has 0 radical (unpaired) electrons. The first-order chi connectivity index (χ1) is 16.6. The average Bonchev–Trinajstić information content (AvgIpc) is 3.38. The maximum absolute atomic E-state index is 13.3. The van der Waals surface area contributed by atoms with Crippen molar-refractivity contribution in [2.75, 3.05) is 12.4 Å². The van der Waals surface area contributed by atoms with Crippen LogP contribution in [0.4, 0.5) is 10.5 Å². The SMILES string of the molecule is Cc1ccc(S(=O)(=O)NC(=O)Nc2ccc(-n3ccc4cc5c(cc4c3=O)CN(C)C5)c(Cl)c2)s1. The Morgan fingerprint density at radius 3 is 2.49 bits per heavy atom. The van der Waals surface area contributed by atoms with Gasteiger partial charge in [0.05, 0.1) is 10.7 Å². The van der Waals surface area contributed by atoms with E-state index in [1.54, 1.807) is 31.3 Å². The molecule has 0 saturated heterocycles. The Morgan fingerprint density at radius 1 is 1.06 bits per heavy atom. The number of hydrogen-bond donors (Lipinski definition) is 2. The summed E-state index contributed by atoms with van der Waals surface area (Å²) >= 11 is 7.53. The van der Waals surface area contributed by atoms with Crippen LogP contribution in [0.15, 0.2) is 63.7 Å². The Kier molecular flexibility index (Phi) is 5.92. The summed E-state index contributed by atoms with van der Waals surface area (Å²) in [7, 11) is -1.94. The Morgan fingerprint density at radius 2 is 1.80 bits per heavy atom. The highest BCUT2D eigenvalue weighted by molar-refractivity contribution is 7.92. The summed E-state index contributed by atoms with van der Waals surface area (Å²) in [6.07, 6.45) is 1.67. The van der Waals surface area contributed by atoms with Crippen molar-refractivity contribution in [2.24, 2.45) is 0 Å². The van der Waals surface area contributed by atoms with Crippen LogP contribution in [0.5, 0.6) is 0 Å². The fraction of sp³-hybridized carbons (Fsp3) is 0.167. The monoisotopic (exact) mass is 528 g/mol. The van der Waals surface area contributed by atoms with Gasteiger partial charge in [-0.2, -0.15) is 0 Å². The molecule has 11 heteroatoms. The lowest BCUT2D eigenvalue weighted by molar-refractivity contribution is 0.256. The van der Waals surface area contributed by atoms with Gasteiger partial charge < -0.3 is 5.32 Å². The number of pyridine rings is 1. The van der Waals surface area contributed by atoms with Crippen LogP contribution >= 0.6 is 22.9 Å². The van der Waals surface area contributed by atoms with Crippen LogP contribution in [0.3, 0.4) is 0 Å². The molecule has 0 aliphatic carbocycles. The van der Waals surface area contributed by atoms with Crippen molar-refractivity contribution in [1.29, 1.82) is 0 Å². The molecule has 35 heavy (non-hydrogen) atoms. The summed E-state index contributed by atoms with van der Waals surface area (Å²) < 4.78 is 28.2. The van der Waals surface area contributed by atoms with Gasteiger partial charge >= 0.3 is 6.03 Å². The molecule has 3 heterocycles. The number of carbonyl (C=O) groups is 1. The first-order valence-corrected chi connectivity index (χ1v) is 13.3. The molecule has 1 aliphatic rings. The number of sulfonamides is 1. The fourth-order valence-corrected chi connectivity index (χ4v) is 6.63. The second-order valence-electron chi connectivity index (χ2n) is 8.46. The molecule has 0 saturated carbocycles. The Balaban J connectivity index is 1.39. The summed E-state index contributed by atoms with van der Waals surface area (Å²) in [4.78, 5) is 28.6. The minimum absolute atomic E-state index is 0.0477. The molecular weight excluding hydrogens is 508 g/mol. The number of carbonyl (C=O) groups excluding carboxylic acids is 1. The van der Waals surface area contributed by atoms with Gasteiger partial charge in [0.25, 0.3) is 15.6 Å². The number of aryl methyl sites for hydroxylation is 1. The van der Waals surface area contributed by atoms with Crippen LogP contribution in [-0.4, -0.2) is 31.0 Å². The number of hydrogen-bond acceptors (Lipinski definition) is 6. The smallest absolute Gasteiger partial charge is 0.307 e. The van der Waals surface area contributed by atoms with Crippen LogP contribution < -0.4 is 15.6 Å². The number of aromatic nitrogens is 1. The number of thiophene rings is 1. The second-order valence-corrected chi connectivity index (χ2v) is 12.1. The third-order valence-corrected chi connectivity index (χ3v) is 8.90. The van der Waals surface area contributed by atoms with Gasteiger partial charge in [-0.25, -0.2) is 17.9 Å². The molecule has 2 N–H and O–H groups in total. The molecule has 4 aromatic rings. The highest BCUT2D eigenvalue weighted by Crippen LogP contribution is 2.28. The molecule has 5 rings (SSSR count). The van der Waals surface area contributed by atoms with Crippen molar-refractivity contribution < 1.29 is 13.2 Å². The summed E-state index contributed by atoms with van der Waals surface area (Å²) in [5, 5.41) is 4.17. The molecular formula is C24H21ClN4O4S2. The van der Waals surface area contributed by atoms with Crippen LogP contribution in [0.25, 0.3) is 16.5 Å². The van der Waals surface area contributed by atoms with E-state index in [4.69, 9.17) is 11.6 Å². The van der Waals surface area contributed by atoms with Crippen molar-refractivity contribution >= 4 is 55.5 Å². The molecule has 8 nitrogen and oxygen atoms in total. The molecule has 2 aromatic carbocycles. The number of urea groups is 1. The highest BCUT2D eigenvalue weighted by atomic mass is 35.5. The normalized spacial score (nSPS) is 13.7. The van der Waals surface area contributed by atoms with Crippen molar-refractivity contribution in [3.63, 3.8) is 0 Å². The van der Waals surface area contributed by atoms with Gasteiger partial charge in [-0.1, -0.05) is 11.6 Å². The van der Waals surface area contributed by atoms with E-state index in [1.165, 1.54) is 22.3 Å². The number of fused-ring (bicyclic) bond motifs is 2. The minimum atomic E-state index is -3.98. The molecule has 180 valence electrons. The Labute approximate surface area is 210 Å². The summed E-state index contributed by atoms with van der Waals surface area (Å²) in [5.41, 5.74) is 2.89. The zero-order chi connectivity index (χ0) is 24.9. The summed E-state index contributed by atoms with van der Waals surface area (Å²) in [5.74, 6) is 0. The predicted molar refractivity (Wildman–Crippen MR) is 138 cm³/mol. The van der Waals surface area contributed by atoms with Crippen molar-refractivity contribution in [2.45, 2.75) is 24.2 Å². The lowest BCUT2D eigenvalue weighted by atomic mass is 10.0. The lowest BCUT2D eigenvalue weighted by Gasteiger charge is -2.12. The molecule has 0 bridgehead atoms. The zero-order valence-electron chi connectivity index (χ0n) is 18.8. The van der Waals surface area contributed by atoms with Crippen molar-refractivity contribution in [1.82, 2.24) is 14.2 Å². The standard InChI is InChI=1S/C24H21ClN4O4S2/c1-14-3-6-22(34-14)35(32,33)27-24(31)26-18-4-5-21(20(25)11-18)29-8-7-15-9-16-12-28(2)13-17(16)10-19(15)23(29)30/h3-11H,12-13H2,1-2H3,(H2,26,27,31). The van der Waals surface area contributed by atoms with Gasteiger partial charge in [-0.05, 0) is 79.0 Å². The molecule has 0 fully saturated rings. The molecule has 0 spiro atoms. The topological polar surface area (TPSA) is 101 Å². The molecule has 2 aromatic heterocycles. The number of nitrogens with one attached hydrogen (secondary N) is 2. The van der Waals surface area contributed by atoms with E-state index in [1.807, 2.05) is 23.9 Å². The average molecular weight is 529 g/mol. The molecule has 2 amide bonds. The van der Waals surface area contributed by atoms with E-state index in [0.717, 1.165) is 40.3 Å². The summed E-state index contributed by atoms with van der Waals surface area (Å²) in [6.45, 7) is 3.43. The van der Waals surface area contributed by atoms with Crippen LogP contribution in [0.2, 0.25) is 5.02 Å². The second kappa shape index (κ2) is 8.80. The maximum atomic E-state index is 13.3. The summed E-state index contributed by atoms with van der Waals surface area (Å²) in [6, 6.07) is 12.7. The van der Waals surface area contributed by atoms with Gasteiger partial charge in [-0.3, -0.25) is 14.3 Å². The number of halogens is 1. The van der Waals surface area contributed by atoms with Crippen LogP contribution in [0, 0.1) is 6.92 Å². The highest BCUT2D eigenvalue weighted by Gasteiger charge is 2.20.